The van der Waals surface area contributed by atoms with Gasteiger partial charge in [-0.2, -0.15) is 0 Å². The monoisotopic (exact) mass is 240 g/mol. The van der Waals surface area contributed by atoms with E-state index in [-0.39, 0.29) is 11.5 Å². The molecule has 1 fully saturated rings. The van der Waals surface area contributed by atoms with E-state index in [1.165, 1.54) is 6.92 Å². The van der Waals surface area contributed by atoms with Crippen molar-refractivity contribution in [3.63, 3.8) is 0 Å². The summed E-state index contributed by atoms with van der Waals surface area (Å²) in [5.74, 6) is -1.19. The third kappa shape index (κ3) is 3.06. The second-order valence-electron chi connectivity index (χ2n) is 4.71. The first-order chi connectivity index (χ1) is 7.84. The van der Waals surface area contributed by atoms with Gasteiger partial charge >= 0.3 is 5.97 Å². The Morgan fingerprint density at radius 1 is 1.24 bits per heavy atom. The van der Waals surface area contributed by atoms with E-state index in [1.807, 2.05) is 14.1 Å². The first-order valence-electron chi connectivity index (χ1n) is 5.71. The Morgan fingerprint density at radius 3 is 2.24 bits per heavy atom. The molecule has 0 radical (unpaired) electrons. The Bertz CT molecular complexity index is 361. The molecule has 1 aliphatic heterocycles. The van der Waals surface area contributed by atoms with Crippen molar-refractivity contribution < 1.29 is 14.7 Å². The van der Waals surface area contributed by atoms with Crippen molar-refractivity contribution >= 4 is 11.9 Å². The standard InChI is InChI=1S/C12H20N2O3/c1-8(9(2)12(16)17)11(15)14-6-5-10(7-14)13(3)4/h10H,5-7H2,1-4H3,(H,16,17). The second-order valence-corrected chi connectivity index (χ2v) is 4.71. The van der Waals surface area contributed by atoms with E-state index in [0.717, 1.165) is 6.42 Å². The van der Waals surface area contributed by atoms with Crippen molar-refractivity contribution in [2.24, 2.45) is 0 Å². The number of carboxylic acid groups (broad SMARTS) is 1. The normalized spacial score (nSPS) is 21.7. The van der Waals surface area contributed by atoms with Crippen LogP contribution in [0.2, 0.25) is 0 Å². The van der Waals surface area contributed by atoms with Crippen molar-refractivity contribution in [3.8, 4) is 0 Å². The highest BCUT2D eigenvalue weighted by Gasteiger charge is 2.28. The molecule has 1 atom stereocenters. The summed E-state index contributed by atoms with van der Waals surface area (Å²) in [5.41, 5.74) is 0.459. The number of hydrogen-bond donors (Lipinski definition) is 1. The van der Waals surface area contributed by atoms with E-state index in [1.54, 1.807) is 11.8 Å². The zero-order valence-electron chi connectivity index (χ0n) is 10.9. The number of likely N-dealkylation sites (N-methyl/N-ethyl adjacent to an activating group) is 1. The van der Waals surface area contributed by atoms with Crippen LogP contribution in [0.5, 0.6) is 0 Å². The minimum absolute atomic E-state index is 0.128. The number of rotatable bonds is 3. The number of carbonyl (C=O) groups excluding carboxylic acids is 1. The highest BCUT2D eigenvalue weighted by Crippen LogP contribution is 2.17. The van der Waals surface area contributed by atoms with Crippen molar-refractivity contribution in [3.05, 3.63) is 11.1 Å². The molecule has 0 bridgehead atoms. The molecule has 0 spiro atoms. The number of amides is 1. The average molecular weight is 240 g/mol. The average Bonchev–Trinajstić information content (AvgIpc) is 2.75. The van der Waals surface area contributed by atoms with Gasteiger partial charge in [0, 0.05) is 30.3 Å². The molecule has 0 aliphatic carbocycles. The molecule has 1 amide bonds. The molecule has 1 saturated heterocycles. The Morgan fingerprint density at radius 2 is 1.82 bits per heavy atom. The van der Waals surface area contributed by atoms with Gasteiger partial charge in [-0.3, -0.25) is 4.79 Å². The lowest BCUT2D eigenvalue weighted by atomic mass is 10.1. The van der Waals surface area contributed by atoms with Crippen molar-refractivity contribution in [2.75, 3.05) is 27.2 Å². The van der Waals surface area contributed by atoms with Crippen molar-refractivity contribution in [1.82, 2.24) is 9.80 Å². The van der Waals surface area contributed by atoms with Crippen LogP contribution in [0.1, 0.15) is 20.3 Å². The predicted molar refractivity (Wildman–Crippen MR) is 64.7 cm³/mol. The highest BCUT2D eigenvalue weighted by molar-refractivity contribution is 6.01. The molecular formula is C12H20N2O3. The van der Waals surface area contributed by atoms with Crippen LogP contribution in [0, 0.1) is 0 Å². The minimum Gasteiger partial charge on any atom is -0.478 e. The molecule has 1 unspecified atom stereocenters. The van der Waals surface area contributed by atoms with Gasteiger partial charge in [-0.1, -0.05) is 0 Å². The largest absolute Gasteiger partial charge is 0.478 e. The summed E-state index contributed by atoms with van der Waals surface area (Å²) < 4.78 is 0. The molecule has 17 heavy (non-hydrogen) atoms. The number of carbonyl (C=O) groups is 2. The van der Waals surface area contributed by atoms with Crippen LogP contribution in [0.15, 0.2) is 11.1 Å². The fraction of sp³-hybridized carbons (Fsp3) is 0.667. The molecule has 1 aliphatic rings. The van der Waals surface area contributed by atoms with Crippen LogP contribution >= 0.6 is 0 Å². The van der Waals surface area contributed by atoms with Gasteiger partial charge in [0.05, 0.1) is 0 Å². The third-order valence-corrected chi connectivity index (χ3v) is 3.38. The molecule has 1 rings (SSSR count). The van der Waals surface area contributed by atoms with Crippen LogP contribution < -0.4 is 0 Å². The molecule has 0 aromatic carbocycles. The van der Waals surface area contributed by atoms with Gasteiger partial charge in [0.15, 0.2) is 0 Å². The lowest BCUT2D eigenvalue weighted by Crippen LogP contribution is -2.35. The van der Waals surface area contributed by atoms with Crippen LogP contribution in [0.3, 0.4) is 0 Å². The van der Waals surface area contributed by atoms with Crippen molar-refractivity contribution in [1.29, 1.82) is 0 Å². The maximum absolute atomic E-state index is 12.0. The van der Waals surface area contributed by atoms with E-state index < -0.39 is 5.97 Å². The molecular weight excluding hydrogens is 220 g/mol. The van der Waals surface area contributed by atoms with Crippen LogP contribution in [-0.4, -0.2) is 60.0 Å². The van der Waals surface area contributed by atoms with Gasteiger partial charge in [0.2, 0.25) is 5.91 Å². The van der Waals surface area contributed by atoms with Gasteiger partial charge in [-0.25, -0.2) is 4.79 Å². The Kier molecular flexibility index (Phi) is 4.28. The summed E-state index contributed by atoms with van der Waals surface area (Å²) in [6.07, 6.45) is 0.943. The fourth-order valence-corrected chi connectivity index (χ4v) is 1.91. The number of aliphatic carboxylic acids is 1. The number of likely N-dealkylation sites (tertiary alicyclic amines) is 1. The van der Waals surface area contributed by atoms with Gasteiger partial charge in [0.1, 0.15) is 0 Å². The number of hydrogen-bond acceptors (Lipinski definition) is 3. The van der Waals surface area contributed by atoms with E-state index in [9.17, 15) is 9.59 Å². The first kappa shape index (κ1) is 13.7. The second kappa shape index (κ2) is 5.31. The van der Waals surface area contributed by atoms with E-state index in [0.29, 0.717) is 24.7 Å². The van der Waals surface area contributed by atoms with Crippen LogP contribution in [-0.2, 0) is 9.59 Å². The van der Waals surface area contributed by atoms with Crippen LogP contribution in [0.25, 0.3) is 0 Å². The van der Waals surface area contributed by atoms with E-state index in [4.69, 9.17) is 5.11 Å². The summed E-state index contributed by atoms with van der Waals surface area (Å²) in [5, 5.41) is 8.85. The van der Waals surface area contributed by atoms with Gasteiger partial charge in [-0.05, 0) is 34.4 Å². The number of nitrogens with zero attached hydrogens (tertiary/aromatic N) is 2. The van der Waals surface area contributed by atoms with Gasteiger partial charge < -0.3 is 14.9 Å². The zero-order chi connectivity index (χ0) is 13.2. The lowest BCUT2D eigenvalue weighted by molar-refractivity contribution is -0.133. The topological polar surface area (TPSA) is 60.9 Å². The SMILES string of the molecule is CC(C(=O)O)=C(C)C(=O)N1CCC(N(C)C)C1. The lowest BCUT2D eigenvalue weighted by Gasteiger charge is -2.21. The minimum atomic E-state index is -1.03. The molecule has 0 saturated carbocycles. The third-order valence-electron chi connectivity index (χ3n) is 3.38. The Hall–Kier alpha value is -1.36. The zero-order valence-corrected chi connectivity index (χ0v) is 10.9. The Labute approximate surface area is 102 Å². The summed E-state index contributed by atoms with van der Waals surface area (Å²) >= 11 is 0. The maximum Gasteiger partial charge on any atom is 0.331 e. The van der Waals surface area contributed by atoms with Gasteiger partial charge in [0.25, 0.3) is 0 Å². The Balaban J connectivity index is 2.74. The highest BCUT2D eigenvalue weighted by atomic mass is 16.4. The molecule has 1 N–H and O–H groups in total. The summed E-state index contributed by atoms with van der Waals surface area (Å²) in [6.45, 7) is 4.42. The van der Waals surface area contributed by atoms with Crippen LogP contribution in [0.4, 0.5) is 0 Å². The summed E-state index contributed by atoms with van der Waals surface area (Å²) in [6, 6.07) is 0.372. The molecule has 5 nitrogen and oxygen atoms in total. The molecule has 0 aromatic heterocycles. The molecule has 0 aromatic rings. The fourth-order valence-electron chi connectivity index (χ4n) is 1.91. The number of carboxylic acids is 1. The molecule has 96 valence electrons. The van der Waals surface area contributed by atoms with E-state index in [2.05, 4.69) is 4.90 Å². The van der Waals surface area contributed by atoms with Crippen molar-refractivity contribution in [2.45, 2.75) is 26.3 Å². The quantitative estimate of drug-likeness (QED) is 0.733. The maximum atomic E-state index is 12.0. The molecule has 5 heteroatoms. The van der Waals surface area contributed by atoms with E-state index >= 15 is 0 Å². The smallest absolute Gasteiger partial charge is 0.331 e. The first-order valence-corrected chi connectivity index (χ1v) is 5.71. The predicted octanol–water partition coefficient (Wildman–Crippen LogP) is 0.570. The summed E-state index contributed by atoms with van der Waals surface area (Å²) in [4.78, 5) is 26.7. The molecule has 1 heterocycles. The summed E-state index contributed by atoms with van der Waals surface area (Å²) in [7, 11) is 3.98. The van der Waals surface area contributed by atoms with Gasteiger partial charge in [-0.15, -0.1) is 0 Å².